The van der Waals surface area contributed by atoms with Crippen molar-refractivity contribution in [3.63, 3.8) is 0 Å². The lowest BCUT2D eigenvalue weighted by Crippen LogP contribution is -2.13. The van der Waals surface area contributed by atoms with Crippen LogP contribution in [-0.4, -0.2) is 29.4 Å². The topological polar surface area (TPSA) is 72.9 Å². The van der Waals surface area contributed by atoms with Crippen molar-refractivity contribution in [2.45, 2.75) is 26.1 Å². The number of rotatable bonds is 4. The van der Waals surface area contributed by atoms with E-state index in [0.29, 0.717) is 6.54 Å². The van der Waals surface area contributed by atoms with E-state index in [1.165, 1.54) is 4.52 Å². The van der Waals surface area contributed by atoms with Crippen LogP contribution in [0.5, 0.6) is 0 Å². The highest BCUT2D eigenvalue weighted by molar-refractivity contribution is 5.46. The quantitative estimate of drug-likeness (QED) is 0.795. The maximum absolute atomic E-state index is 12.9. The molecule has 0 amide bonds. The molecule has 0 aliphatic heterocycles. The van der Waals surface area contributed by atoms with Crippen molar-refractivity contribution in [2.24, 2.45) is 7.05 Å². The van der Waals surface area contributed by atoms with E-state index in [4.69, 9.17) is 0 Å². The minimum atomic E-state index is -4.55. The van der Waals surface area contributed by atoms with E-state index in [1.807, 2.05) is 13.1 Å². The number of fused-ring (bicyclic) bond motifs is 1. The van der Waals surface area contributed by atoms with Gasteiger partial charge in [-0.05, 0) is 6.42 Å². The highest BCUT2D eigenvalue weighted by Gasteiger charge is 2.34. The minimum absolute atomic E-state index is 0.107. The maximum Gasteiger partial charge on any atom is 0.433 e. The fourth-order valence-electron chi connectivity index (χ4n) is 2.30. The molecule has 0 radical (unpaired) electrons. The summed E-state index contributed by atoms with van der Waals surface area (Å²) in [6, 6.07) is 0.920. The second-order valence-corrected chi connectivity index (χ2v) is 4.98. The molecule has 10 heteroatoms. The van der Waals surface area contributed by atoms with Crippen LogP contribution in [0.3, 0.4) is 0 Å². The highest BCUT2D eigenvalue weighted by Crippen LogP contribution is 2.29. The summed E-state index contributed by atoms with van der Waals surface area (Å²) in [5.41, 5.74) is 0.788. The summed E-state index contributed by atoms with van der Waals surface area (Å²) < 4.78 is 41.7. The van der Waals surface area contributed by atoms with Gasteiger partial charge in [-0.2, -0.15) is 32.9 Å². The van der Waals surface area contributed by atoms with Gasteiger partial charge in [0.2, 0.25) is 0 Å². The zero-order valence-corrected chi connectivity index (χ0v) is 12.5. The molecule has 122 valence electrons. The standard InChI is InChI=1S/C13H14F3N7/c1-3-9-8(6-22(2)21-9)5-17-11-4-10(13(14,15)16)20-12-18-7-19-23(11)12/h4,6-7,17H,3,5H2,1-2H3. The molecule has 0 saturated carbocycles. The van der Waals surface area contributed by atoms with E-state index in [0.717, 1.165) is 30.1 Å². The summed E-state index contributed by atoms with van der Waals surface area (Å²) in [7, 11) is 1.80. The Morgan fingerprint density at radius 3 is 2.78 bits per heavy atom. The first-order valence-corrected chi connectivity index (χ1v) is 6.91. The number of halogens is 3. The first-order chi connectivity index (χ1) is 10.9. The predicted molar refractivity (Wildman–Crippen MR) is 75.7 cm³/mol. The van der Waals surface area contributed by atoms with Gasteiger partial charge in [0.05, 0.1) is 5.69 Å². The average Bonchev–Trinajstić information content (AvgIpc) is 3.09. The van der Waals surface area contributed by atoms with Gasteiger partial charge >= 0.3 is 6.18 Å². The Labute approximate surface area is 129 Å². The van der Waals surface area contributed by atoms with Crippen LogP contribution in [0.25, 0.3) is 5.78 Å². The molecule has 3 aromatic heterocycles. The average molecular weight is 325 g/mol. The van der Waals surface area contributed by atoms with Gasteiger partial charge in [0.15, 0.2) is 5.69 Å². The molecule has 3 rings (SSSR count). The lowest BCUT2D eigenvalue weighted by atomic mass is 10.2. The van der Waals surface area contributed by atoms with Gasteiger partial charge in [0.25, 0.3) is 5.78 Å². The van der Waals surface area contributed by atoms with Crippen molar-refractivity contribution >= 4 is 11.6 Å². The van der Waals surface area contributed by atoms with Crippen LogP contribution in [0.15, 0.2) is 18.6 Å². The molecule has 0 unspecified atom stereocenters. The van der Waals surface area contributed by atoms with Crippen LogP contribution in [0.4, 0.5) is 19.0 Å². The maximum atomic E-state index is 12.9. The molecule has 0 atom stereocenters. The minimum Gasteiger partial charge on any atom is -0.366 e. The summed E-state index contributed by atoms with van der Waals surface area (Å²) in [6.45, 7) is 2.29. The van der Waals surface area contributed by atoms with Crippen molar-refractivity contribution in [2.75, 3.05) is 5.32 Å². The number of hydrogen-bond acceptors (Lipinski definition) is 5. The second-order valence-electron chi connectivity index (χ2n) is 4.98. The summed E-state index contributed by atoms with van der Waals surface area (Å²) >= 11 is 0. The smallest absolute Gasteiger partial charge is 0.366 e. The van der Waals surface area contributed by atoms with Gasteiger partial charge in [-0.3, -0.25) is 4.68 Å². The Bertz CT molecular complexity index is 834. The molecular formula is C13H14F3N7. The molecule has 1 N–H and O–H groups in total. The Morgan fingerprint density at radius 2 is 2.09 bits per heavy atom. The van der Waals surface area contributed by atoms with Gasteiger partial charge < -0.3 is 5.32 Å². The number of alkyl halides is 3. The zero-order chi connectivity index (χ0) is 16.6. The Morgan fingerprint density at radius 1 is 1.30 bits per heavy atom. The van der Waals surface area contributed by atoms with Gasteiger partial charge in [0.1, 0.15) is 12.1 Å². The summed E-state index contributed by atoms with van der Waals surface area (Å²) in [5, 5.41) is 11.2. The number of nitrogens with one attached hydrogen (secondary N) is 1. The monoisotopic (exact) mass is 325 g/mol. The number of aromatic nitrogens is 6. The van der Waals surface area contributed by atoms with Crippen LogP contribution in [-0.2, 0) is 26.2 Å². The molecule has 3 heterocycles. The van der Waals surface area contributed by atoms with Gasteiger partial charge in [-0.15, -0.1) is 0 Å². The SMILES string of the molecule is CCc1nn(C)cc1CNc1cc(C(F)(F)F)nc2ncnn12. The van der Waals surface area contributed by atoms with Crippen LogP contribution in [0, 0.1) is 0 Å². The fourth-order valence-corrected chi connectivity index (χ4v) is 2.30. The molecule has 0 aliphatic rings. The summed E-state index contributed by atoms with van der Waals surface area (Å²) in [4.78, 5) is 7.20. The van der Waals surface area contributed by atoms with Crippen molar-refractivity contribution in [3.05, 3.63) is 35.5 Å². The van der Waals surface area contributed by atoms with E-state index in [2.05, 4.69) is 25.5 Å². The van der Waals surface area contributed by atoms with Crippen molar-refractivity contribution in [1.82, 2.24) is 29.4 Å². The lowest BCUT2D eigenvalue weighted by Gasteiger charge is -2.11. The third kappa shape index (κ3) is 2.96. The van der Waals surface area contributed by atoms with Crippen LogP contribution < -0.4 is 5.32 Å². The first kappa shape index (κ1) is 15.3. The molecule has 0 fully saturated rings. The Balaban J connectivity index is 1.94. The van der Waals surface area contributed by atoms with E-state index < -0.39 is 11.9 Å². The molecule has 23 heavy (non-hydrogen) atoms. The second kappa shape index (κ2) is 5.52. The molecular weight excluding hydrogens is 311 g/mol. The van der Waals surface area contributed by atoms with Crippen molar-refractivity contribution in [3.8, 4) is 0 Å². The number of nitrogens with zero attached hydrogens (tertiary/aromatic N) is 6. The molecule has 7 nitrogen and oxygen atoms in total. The highest BCUT2D eigenvalue weighted by atomic mass is 19.4. The van der Waals surface area contributed by atoms with E-state index in [9.17, 15) is 13.2 Å². The van der Waals surface area contributed by atoms with Crippen LogP contribution in [0.2, 0.25) is 0 Å². The van der Waals surface area contributed by atoms with Gasteiger partial charge in [-0.25, -0.2) is 4.98 Å². The zero-order valence-electron chi connectivity index (χ0n) is 12.5. The van der Waals surface area contributed by atoms with Crippen LogP contribution in [0.1, 0.15) is 23.9 Å². The fraction of sp³-hybridized carbons (Fsp3) is 0.385. The van der Waals surface area contributed by atoms with E-state index in [-0.39, 0.29) is 11.6 Å². The predicted octanol–water partition coefficient (Wildman–Crippen LogP) is 2.05. The molecule has 0 aromatic carbocycles. The first-order valence-electron chi connectivity index (χ1n) is 6.91. The van der Waals surface area contributed by atoms with E-state index >= 15 is 0 Å². The molecule has 0 bridgehead atoms. The molecule has 3 aromatic rings. The molecule has 0 spiro atoms. The van der Waals surface area contributed by atoms with Crippen molar-refractivity contribution < 1.29 is 13.2 Å². The molecule has 0 aliphatic carbocycles. The largest absolute Gasteiger partial charge is 0.433 e. The molecule has 0 saturated heterocycles. The van der Waals surface area contributed by atoms with E-state index in [1.54, 1.807) is 11.7 Å². The third-order valence-corrected chi connectivity index (χ3v) is 3.33. The van der Waals surface area contributed by atoms with Crippen LogP contribution >= 0.6 is 0 Å². The lowest BCUT2D eigenvalue weighted by molar-refractivity contribution is -0.141. The number of hydrogen-bond donors (Lipinski definition) is 1. The summed E-state index contributed by atoms with van der Waals surface area (Å²) in [6.07, 6.45) is -0.820. The van der Waals surface area contributed by atoms with Crippen molar-refractivity contribution in [1.29, 1.82) is 0 Å². The Kier molecular flexibility index (Phi) is 3.66. The van der Waals surface area contributed by atoms with Gasteiger partial charge in [-0.1, -0.05) is 6.92 Å². The normalized spacial score (nSPS) is 12.0. The Hall–Kier alpha value is -2.65. The third-order valence-electron chi connectivity index (χ3n) is 3.33. The summed E-state index contributed by atoms with van der Waals surface area (Å²) in [5.74, 6) is 0.0648. The number of aryl methyl sites for hydroxylation is 2. The number of anilines is 1. The van der Waals surface area contributed by atoms with Gasteiger partial charge in [0, 0.05) is 31.4 Å².